The molecule has 2 aliphatic rings. The summed E-state index contributed by atoms with van der Waals surface area (Å²) in [5.41, 5.74) is 0.130. The summed E-state index contributed by atoms with van der Waals surface area (Å²) in [5.74, 6) is -0.686. The largest absolute Gasteiger partial charge is 0.459 e. The number of ether oxygens (including phenoxy) is 1. The molecule has 2 aromatic heterocycles. The van der Waals surface area contributed by atoms with Gasteiger partial charge in [-0.2, -0.15) is 10.2 Å². The van der Waals surface area contributed by atoms with Crippen molar-refractivity contribution in [1.29, 1.82) is 5.26 Å². The fourth-order valence-corrected chi connectivity index (χ4v) is 3.64. The zero-order valence-electron chi connectivity index (χ0n) is 17.7. The van der Waals surface area contributed by atoms with Crippen LogP contribution in [0.5, 0.6) is 0 Å². The van der Waals surface area contributed by atoms with Gasteiger partial charge in [0.1, 0.15) is 6.07 Å². The first-order chi connectivity index (χ1) is 16.0. The Kier molecular flexibility index (Phi) is 6.39. The first kappa shape index (κ1) is 22.1. The summed E-state index contributed by atoms with van der Waals surface area (Å²) < 4.78 is 16.0. The van der Waals surface area contributed by atoms with Gasteiger partial charge in [-0.3, -0.25) is 24.1 Å². The molecule has 2 saturated heterocycles. The Labute approximate surface area is 188 Å². The Bertz CT molecular complexity index is 1080. The van der Waals surface area contributed by atoms with Crippen LogP contribution in [0, 0.1) is 11.3 Å². The molecule has 2 aliphatic heterocycles. The van der Waals surface area contributed by atoms with E-state index in [1.807, 2.05) is 11.0 Å². The highest BCUT2D eigenvalue weighted by atomic mass is 16.5. The van der Waals surface area contributed by atoms with Crippen molar-refractivity contribution >= 4 is 29.6 Å². The lowest BCUT2D eigenvalue weighted by Gasteiger charge is -2.34. The second-order valence-corrected chi connectivity index (χ2v) is 7.48. The number of oxazole rings is 1. The van der Waals surface area contributed by atoms with Crippen LogP contribution in [0.25, 0.3) is 11.7 Å². The van der Waals surface area contributed by atoms with Crippen molar-refractivity contribution < 1.29 is 32.7 Å². The van der Waals surface area contributed by atoms with Crippen LogP contribution in [-0.4, -0.2) is 77.8 Å². The van der Waals surface area contributed by atoms with Gasteiger partial charge in [-0.25, -0.2) is 0 Å². The molecule has 0 bridgehead atoms. The molecule has 0 atom stereocenters. The van der Waals surface area contributed by atoms with Gasteiger partial charge in [-0.1, -0.05) is 0 Å². The van der Waals surface area contributed by atoms with Crippen LogP contribution in [-0.2, 0) is 23.9 Å². The molecule has 0 aromatic carbocycles. The number of nitrogens with zero attached hydrogens (tertiary/aromatic N) is 5. The first-order valence-corrected chi connectivity index (χ1v) is 10.4. The third kappa shape index (κ3) is 4.87. The zero-order chi connectivity index (χ0) is 23.4. The van der Waals surface area contributed by atoms with E-state index < -0.39 is 12.6 Å². The number of hydrogen-bond acceptors (Lipinski definition) is 10. The molecule has 33 heavy (non-hydrogen) atoms. The monoisotopic (exact) mass is 455 g/mol. The lowest BCUT2D eigenvalue weighted by Crippen LogP contribution is -2.50. The van der Waals surface area contributed by atoms with Gasteiger partial charge in [-0.05, 0) is 12.1 Å². The molecule has 2 fully saturated rings. The van der Waals surface area contributed by atoms with Crippen LogP contribution in [0.1, 0.15) is 25.0 Å². The molecular formula is C21H21N5O7. The Balaban J connectivity index is 1.24. The molecular weight excluding hydrogens is 434 g/mol. The van der Waals surface area contributed by atoms with Gasteiger partial charge in [-0.15, -0.1) is 0 Å². The van der Waals surface area contributed by atoms with E-state index in [1.165, 1.54) is 6.26 Å². The van der Waals surface area contributed by atoms with Crippen LogP contribution in [0.4, 0.5) is 5.88 Å². The Morgan fingerprint density at radius 1 is 1.15 bits per heavy atom. The SMILES string of the molecule is N#Cc1nc(-c2ccco2)oc1N1CCN(C(=O)COC(=O)CCN2C(=O)CCC2=O)CC1. The van der Waals surface area contributed by atoms with E-state index in [4.69, 9.17) is 13.6 Å². The second kappa shape index (κ2) is 9.56. The summed E-state index contributed by atoms with van der Waals surface area (Å²) >= 11 is 0. The molecule has 0 spiro atoms. The number of rotatable bonds is 7. The maximum absolute atomic E-state index is 12.4. The normalized spacial score (nSPS) is 16.3. The maximum atomic E-state index is 12.4. The number of likely N-dealkylation sites (tertiary alicyclic amines) is 1. The highest BCUT2D eigenvalue weighted by Gasteiger charge is 2.30. The Morgan fingerprint density at radius 3 is 2.52 bits per heavy atom. The minimum atomic E-state index is -0.653. The number of piperazine rings is 1. The zero-order valence-corrected chi connectivity index (χ0v) is 17.7. The molecule has 2 aromatic rings. The number of furan rings is 1. The van der Waals surface area contributed by atoms with Gasteiger partial charge in [0.25, 0.3) is 11.8 Å². The van der Waals surface area contributed by atoms with Gasteiger partial charge in [0.15, 0.2) is 12.4 Å². The highest BCUT2D eigenvalue weighted by Crippen LogP contribution is 2.29. The molecule has 0 aliphatic carbocycles. The third-order valence-corrected chi connectivity index (χ3v) is 5.42. The van der Waals surface area contributed by atoms with E-state index in [-0.39, 0.29) is 55.1 Å². The fraction of sp³-hybridized carbons (Fsp3) is 0.429. The molecule has 12 heteroatoms. The third-order valence-electron chi connectivity index (χ3n) is 5.42. The quantitative estimate of drug-likeness (QED) is 0.427. The molecule has 0 N–H and O–H groups in total. The van der Waals surface area contributed by atoms with Crippen molar-refractivity contribution in [3.63, 3.8) is 0 Å². The van der Waals surface area contributed by atoms with E-state index in [0.29, 0.717) is 37.8 Å². The lowest BCUT2D eigenvalue weighted by atomic mass is 10.3. The fourth-order valence-electron chi connectivity index (χ4n) is 3.64. The molecule has 4 heterocycles. The average Bonchev–Trinajstić information content (AvgIpc) is 3.57. The average molecular weight is 455 g/mol. The first-order valence-electron chi connectivity index (χ1n) is 10.4. The second-order valence-electron chi connectivity index (χ2n) is 7.48. The number of hydrogen-bond donors (Lipinski definition) is 0. The number of amides is 3. The van der Waals surface area contributed by atoms with Crippen LogP contribution < -0.4 is 4.90 Å². The van der Waals surface area contributed by atoms with Gasteiger partial charge >= 0.3 is 5.97 Å². The van der Waals surface area contributed by atoms with Gasteiger partial charge in [0, 0.05) is 45.6 Å². The van der Waals surface area contributed by atoms with Crippen LogP contribution in [0.3, 0.4) is 0 Å². The number of aromatic nitrogens is 1. The summed E-state index contributed by atoms with van der Waals surface area (Å²) in [4.78, 5) is 56.0. The Hall–Kier alpha value is -4.14. The minimum Gasteiger partial charge on any atom is -0.459 e. The number of carbonyl (C=O) groups is 4. The molecule has 0 saturated carbocycles. The van der Waals surface area contributed by atoms with E-state index in [1.54, 1.807) is 17.0 Å². The van der Waals surface area contributed by atoms with Gasteiger partial charge in [0.2, 0.25) is 23.4 Å². The van der Waals surface area contributed by atoms with E-state index in [2.05, 4.69) is 4.98 Å². The van der Waals surface area contributed by atoms with Crippen LogP contribution in [0.15, 0.2) is 27.2 Å². The van der Waals surface area contributed by atoms with Crippen molar-refractivity contribution in [3.05, 3.63) is 24.1 Å². The van der Waals surface area contributed by atoms with Crippen molar-refractivity contribution in [3.8, 4) is 17.7 Å². The lowest BCUT2D eigenvalue weighted by molar-refractivity contribution is -0.153. The summed E-state index contributed by atoms with van der Waals surface area (Å²) in [5, 5.41) is 9.38. The predicted octanol–water partition coefficient (Wildman–Crippen LogP) is 0.537. The smallest absolute Gasteiger partial charge is 0.308 e. The highest BCUT2D eigenvalue weighted by molar-refractivity contribution is 6.02. The van der Waals surface area contributed by atoms with E-state index in [0.717, 1.165) is 4.90 Å². The molecule has 12 nitrogen and oxygen atoms in total. The summed E-state index contributed by atoms with van der Waals surface area (Å²) in [6.45, 7) is 1.03. The van der Waals surface area contributed by atoms with Gasteiger partial charge in [0.05, 0.1) is 12.7 Å². The van der Waals surface area contributed by atoms with Crippen molar-refractivity contribution in [2.45, 2.75) is 19.3 Å². The topological polar surface area (TPSA) is 150 Å². The molecule has 3 amide bonds. The molecule has 0 unspecified atom stereocenters. The van der Waals surface area contributed by atoms with Crippen LogP contribution >= 0.6 is 0 Å². The number of carbonyl (C=O) groups excluding carboxylic acids is 4. The van der Waals surface area contributed by atoms with Crippen molar-refractivity contribution in [1.82, 2.24) is 14.8 Å². The maximum Gasteiger partial charge on any atom is 0.308 e. The predicted molar refractivity (Wildman–Crippen MR) is 109 cm³/mol. The molecule has 172 valence electrons. The standard InChI is InChI=1S/C21H21N5O7/c22-12-14-21(33-20(23-14)15-2-1-11-31-15)25-9-7-24(8-10-25)18(29)13-32-19(30)5-6-26-16(27)3-4-17(26)28/h1-2,11H,3-10,13H2. The molecule has 4 rings (SSSR count). The van der Waals surface area contributed by atoms with Crippen molar-refractivity contribution in [2.24, 2.45) is 0 Å². The minimum absolute atomic E-state index is 0.0399. The summed E-state index contributed by atoms with van der Waals surface area (Å²) in [7, 11) is 0. The van der Waals surface area contributed by atoms with Crippen molar-refractivity contribution in [2.75, 3.05) is 44.2 Å². The number of nitriles is 1. The summed E-state index contributed by atoms with van der Waals surface area (Å²) in [6.07, 6.45) is 1.64. The van der Waals surface area contributed by atoms with E-state index in [9.17, 15) is 24.4 Å². The number of esters is 1. The van der Waals surface area contributed by atoms with Crippen LogP contribution in [0.2, 0.25) is 0 Å². The van der Waals surface area contributed by atoms with E-state index >= 15 is 0 Å². The number of anilines is 1. The van der Waals surface area contributed by atoms with Gasteiger partial charge < -0.3 is 23.4 Å². The Morgan fingerprint density at radius 2 is 1.88 bits per heavy atom. The summed E-state index contributed by atoms with van der Waals surface area (Å²) in [6, 6.07) is 5.37. The number of imide groups is 1. The molecule has 0 radical (unpaired) electrons.